The van der Waals surface area contributed by atoms with Gasteiger partial charge in [0.2, 0.25) is 0 Å². The van der Waals surface area contributed by atoms with E-state index in [4.69, 9.17) is 5.11 Å². The van der Waals surface area contributed by atoms with Crippen molar-refractivity contribution in [2.24, 2.45) is 0 Å². The van der Waals surface area contributed by atoms with Crippen LogP contribution in [0.15, 0.2) is 0 Å². The van der Waals surface area contributed by atoms with E-state index in [0.717, 1.165) is 26.1 Å². The van der Waals surface area contributed by atoms with Gasteiger partial charge in [-0.1, -0.05) is 6.92 Å². The number of nitrogens with zero attached hydrogens (tertiary/aromatic N) is 1. The van der Waals surface area contributed by atoms with Gasteiger partial charge in [-0.25, -0.2) is 0 Å². The molecule has 3 nitrogen and oxygen atoms in total. The summed E-state index contributed by atoms with van der Waals surface area (Å²) in [6, 6.07) is 1.17. The Morgan fingerprint density at radius 3 is 2.92 bits per heavy atom. The average Bonchev–Trinajstić information content (AvgIpc) is 2.28. The maximum absolute atomic E-state index is 8.96. The first-order valence-corrected chi connectivity index (χ1v) is 5.37. The molecule has 3 heteroatoms. The lowest BCUT2D eigenvalue weighted by molar-refractivity contribution is 0.133. The number of hydrogen-bond acceptors (Lipinski definition) is 3. The summed E-state index contributed by atoms with van der Waals surface area (Å²) in [5.41, 5.74) is 0. The molecule has 0 amide bonds. The molecule has 0 radical (unpaired) electrons. The van der Waals surface area contributed by atoms with E-state index in [9.17, 15) is 0 Å². The number of likely N-dealkylation sites (N-methyl/N-ethyl adjacent to an activating group) is 1. The van der Waals surface area contributed by atoms with E-state index in [-0.39, 0.29) is 0 Å². The van der Waals surface area contributed by atoms with Crippen LogP contribution in [0.2, 0.25) is 0 Å². The molecule has 0 aromatic heterocycles. The maximum Gasteiger partial charge on any atom is 0.0446 e. The van der Waals surface area contributed by atoms with E-state index >= 15 is 0 Å². The van der Waals surface area contributed by atoms with Gasteiger partial charge in [0.1, 0.15) is 0 Å². The van der Waals surface area contributed by atoms with Gasteiger partial charge >= 0.3 is 0 Å². The zero-order valence-corrected chi connectivity index (χ0v) is 8.79. The van der Waals surface area contributed by atoms with Crippen molar-refractivity contribution in [1.82, 2.24) is 10.2 Å². The molecular formula is C10H22N2O. The van der Waals surface area contributed by atoms with E-state index in [1.54, 1.807) is 0 Å². The molecule has 1 saturated heterocycles. The third kappa shape index (κ3) is 2.93. The smallest absolute Gasteiger partial charge is 0.0446 e. The van der Waals surface area contributed by atoms with Crippen LogP contribution in [0.5, 0.6) is 0 Å². The first-order chi connectivity index (χ1) is 6.29. The minimum atomic E-state index is 0.301. The topological polar surface area (TPSA) is 35.5 Å². The van der Waals surface area contributed by atoms with Gasteiger partial charge in [0.25, 0.3) is 0 Å². The van der Waals surface area contributed by atoms with Gasteiger partial charge in [-0.15, -0.1) is 0 Å². The fraction of sp³-hybridized carbons (Fsp3) is 1.00. The molecule has 1 rings (SSSR count). The number of hydrogen-bond donors (Lipinski definition) is 2. The van der Waals surface area contributed by atoms with Crippen LogP contribution in [0.25, 0.3) is 0 Å². The van der Waals surface area contributed by atoms with Crippen molar-refractivity contribution < 1.29 is 5.11 Å². The first kappa shape index (κ1) is 11.0. The second kappa shape index (κ2) is 5.58. The molecule has 0 aromatic rings. The Balaban J connectivity index is 2.54. The number of nitrogens with one attached hydrogen (secondary N) is 1. The van der Waals surface area contributed by atoms with Gasteiger partial charge in [0.15, 0.2) is 0 Å². The zero-order valence-electron chi connectivity index (χ0n) is 8.79. The van der Waals surface area contributed by atoms with Crippen LogP contribution in [-0.4, -0.2) is 48.3 Å². The van der Waals surface area contributed by atoms with Gasteiger partial charge < -0.3 is 10.4 Å². The molecule has 2 atom stereocenters. The third-order valence-corrected chi connectivity index (χ3v) is 2.98. The van der Waals surface area contributed by atoms with Crippen LogP contribution in [0.3, 0.4) is 0 Å². The second-order valence-electron chi connectivity index (χ2n) is 3.84. The summed E-state index contributed by atoms with van der Waals surface area (Å²) in [6.07, 6.45) is 2.11. The summed E-state index contributed by atoms with van der Waals surface area (Å²) in [4.78, 5) is 2.50. The zero-order chi connectivity index (χ0) is 9.68. The van der Waals surface area contributed by atoms with Crippen molar-refractivity contribution in [1.29, 1.82) is 0 Å². The molecule has 0 aliphatic carbocycles. The van der Waals surface area contributed by atoms with E-state index in [1.165, 1.54) is 6.42 Å². The Hall–Kier alpha value is -0.120. The lowest BCUT2D eigenvalue weighted by atomic mass is 10.1. The molecule has 1 fully saturated rings. The fourth-order valence-corrected chi connectivity index (χ4v) is 2.21. The predicted molar refractivity (Wildman–Crippen MR) is 54.8 cm³/mol. The largest absolute Gasteiger partial charge is 0.396 e. The summed E-state index contributed by atoms with van der Waals surface area (Å²) >= 11 is 0. The highest BCUT2D eigenvalue weighted by Crippen LogP contribution is 2.13. The molecule has 2 N–H and O–H groups in total. The highest BCUT2D eigenvalue weighted by molar-refractivity contribution is 4.81. The van der Waals surface area contributed by atoms with Crippen LogP contribution in [0.1, 0.15) is 26.7 Å². The van der Waals surface area contributed by atoms with Gasteiger partial charge in [0, 0.05) is 25.2 Å². The number of rotatable bonds is 3. The highest BCUT2D eigenvalue weighted by Gasteiger charge is 2.23. The lowest BCUT2D eigenvalue weighted by Crippen LogP contribution is -2.43. The summed E-state index contributed by atoms with van der Waals surface area (Å²) in [5, 5.41) is 12.4. The highest BCUT2D eigenvalue weighted by atomic mass is 16.3. The van der Waals surface area contributed by atoms with E-state index in [1.807, 2.05) is 0 Å². The summed E-state index contributed by atoms with van der Waals surface area (Å²) in [7, 11) is 0. The van der Waals surface area contributed by atoms with Crippen molar-refractivity contribution in [2.45, 2.75) is 38.8 Å². The van der Waals surface area contributed by atoms with Crippen LogP contribution in [0.4, 0.5) is 0 Å². The molecule has 0 aromatic carbocycles. The molecule has 1 aliphatic heterocycles. The van der Waals surface area contributed by atoms with Gasteiger partial charge in [-0.2, -0.15) is 0 Å². The molecule has 1 aliphatic rings. The van der Waals surface area contributed by atoms with Gasteiger partial charge in [-0.05, 0) is 32.9 Å². The molecule has 2 unspecified atom stereocenters. The fourth-order valence-electron chi connectivity index (χ4n) is 2.21. The lowest BCUT2D eigenvalue weighted by Gasteiger charge is -2.32. The van der Waals surface area contributed by atoms with Crippen molar-refractivity contribution in [3.8, 4) is 0 Å². The van der Waals surface area contributed by atoms with Crippen LogP contribution in [-0.2, 0) is 0 Å². The molecular weight excluding hydrogens is 164 g/mol. The summed E-state index contributed by atoms with van der Waals surface area (Å²) in [5.74, 6) is 0. The van der Waals surface area contributed by atoms with Crippen molar-refractivity contribution >= 4 is 0 Å². The van der Waals surface area contributed by atoms with E-state index in [2.05, 4.69) is 24.1 Å². The molecule has 78 valence electrons. The Bertz CT molecular complexity index is 141. The second-order valence-corrected chi connectivity index (χ2v) is 3.84. The predicted octanol–water partition coefficient (Wildman–Crippen LogP) is 0.441. The molecule has 0 spiro atoms. The van der Waals surface area contributed by atoms with Crippen molar-refractivity contribution in [3.63, 3.8) is 0 Å². The summed E-state index contributed by atoms with van der Waals surface area (Å²) in [6.45, 7) is 8.01. The van der Waals surface area contributed by atoms with E-state index < -0.39 is 0 Å². The van der Waals surface area contributed by atoms with E-state index in [0.29, 0.717) is 18.7 Å². The maximum atomic E-state index is 8.96. The van der Waals surface area contributed by atoms with Crippen molar-refractivity contribution in [2.75, 3.05) is 26.2 Å². The summed E-state index contributed by atoms with van der Waals surface area (Å²) < 4.78 is 0. The normalized spacial score (nSPS) is 31.6. The SMILES string of the molecule is CCN1C(C)CCNCC1CCO. The van der Waals surface area contributed by atoms with Crippen LogP contribution < -0.4 is 5.32 Å². The number of aliphatic hydroxyl groups excluding tert-OH is 1. The minimum Gasteiger partial charge on any atom is -0.396 e. The first-order valence-electron chi connectivity index (χ1n) is 5.37. The quantitative estimate of drug-likeness (QED) is 0.671. The average molecular weight is 186 g/mol. The van der Waals surface area contributed by atoms with Crippen LogP contribution >= 0.6 is 0 Å². The van der Waals surface area contributed by atoms with Gasteiger partial charge in [0.05, 0.1) is 0 Å². The molecule has 1 heterocycles. The Kier molecular flexibility index (Phi) is 4.70. The van der Waals surface area contributed by atoms with Crippen molar-refractivity contribution in [3.05, 3.63) is 0 Å². The molecule has 0 saturated carbocycles. The standard InChI is InChI=1S/C10H22N2O/c1-3-12-9(2)4-6-11-8-10(12)5-7-13/h9-11,13H,3-8H2,1-2H3. The third-order valence-electron chi connectivity index (χ3n) is 2.98. The van der Waals surface area contributed by atoms with Crippen LogP contribution in [0, 0.1) is 0 Å². The monoisotopic (exact) mass is 186 g/mol. The Morgan fingerprint density at radius 1 is 1.54 bits per heavy atom. The molecule has 0 bridgehead atoms. The number of aliphatic hydroxyl groups is 1. The minimum absolute atomic E-state index is 0.301. The Morgan fingerprint density at radius 2 is 2.31 bits per heavy atom. The molecule has 13 heavy (non-hydrogen) atoms. The van der Waals surface area contributed by atoms with Gasteiger partial charge in [-0.3, -0.25) is 4.90 Å². The Labute approximate surface area is 81.1 Å².